The lowest BCUT2D eigenvalue weighted by atomic mass is 10.0. The number of aliphatic carboxylic acids is 1. The molecule has 1 atom stereocenters. The van der Waals surface area contributed by atoms with Gasteiger partial charge in [0.25, 0.3) is 0 Å². The number of carboxylic acid groups (broad SMARTS) is 1. The first-order chi connectivity index (χ1) is 6.72. The second-order valence-corrected chi connectivity index (χ2v) is 3.65. The third-order valence-corrected chi connectivity index (χ3v) is 2.40. The predicted molar refractivity (Wildman–Crippen MR) is 59.3 cm³/mol. The van der Waals surface area contributed by atoms with E-state index in [-0.39, 0.29) is 5.92 Å². The number of unbranched alkanes of at least 4 members (excludes halogenated alkanes) is 3. The zero-order valence-corrected chi connectivity index (χ0v) is 9.33. The average Bonchev–Trinajstić information content (AvgIpc) is 2.16. The molecule has 0 aliphatic rings. The third kappa shape index (κ3) is 6.70. The second kappa shape index (κ2) is 8.79. The summed E-state index contributed by atoms with van der Waals surface area (Å²) < 4.78 is 0. The Morgan fingerprint density at radius 2 is 2.00 bits per heavy atom. The molecule has 1 N–H and O–H groups in total. The minimum absolute atomic E-state index is 0.197. The molecule has 0 saturated carbocycles. The molecule has 0 amide bonds. The van der Waals surface area contributed by atoms with E-state index in [0.717, 1.165) is 6.42 Å². The van der Waals surface area contributed by atoms with Crippen molar-refractivity contribution in [1.29, 1.82) is 0 Å². The molecule has 0 fully saturated rings. The first-order valence-corrected chi connectivity index (χ1v) is 5.60. The molecule has 0 aliphatic heterocycles. The smallest absolute Gasteiger partial charge is 0.306 e. The zero-order valence-electron chi connectivity index (χ0n) is 9.33. The molecule has 1 unspecified atom stereocenters. The van der Waals surface area contributed by atoms with Crippen molar-refractivity contribution in [3.63, 3.8) is 0 Å². The topological polar surface area (TPSA) is 37.3 Å². The summed E-state index contributed by atoms with van der Waals surface area (Å²) >= 11 is 0. The highest BCUT2D eigenvalue weighted by Gasteiger charge is 2.11. The molecule has 0 saturated heterocycles. The van der Waals surface area contributed by atoms with Crippen LogP contribution in [0.1, 0.15) is 52.4 Å². The summed E-state index contributed by atoms with van der Waals surface area (Å²) in [4.78, 5) is 10.7. The first-order valence-electron chi connectivity index (χ1n) is 5.60. The Hall–Kier alpha value is -0.790. The van der Waals surface area contributed by atoms with Crippen molar-refractivity contribution in [2.24, 2.45) is 5.92 Å². The molecule has 0 rings (SSSR count). The zero-order chi connectivity index (χ0) is 10.8. The van der Waals surface area contributed by atoms with Gasteiger partial charge in [-0.15, -0.1) is 0 Å². The van der Waals surface area contributed by atoms with E-state index in [1.807, 2.05) is 13.0 Å². The molecule has 0 aliphatic carbocycles. The minimum Gasteiger partial charge on any atom is -0.481 e. The summed E-state index contributed by atoms with van der Waals surface area (Å²) in [7, 11) is 0. The SMILES string of the molecule is CCCCC/C=C/CC(CC)C(=O)O. The highest BCUT2D eigenvalue weighted by molar-refractivity contribution is 5.70. The van der Waals surface area contributed by atoms with Crippen molar-refractivity contribution >= 4 is 5.97 Å². The van der Waals surface area contributed by atoms with Crippen LogP contribution >= 0.6 is 0 Å². The fourth-order valence-corrected chi connectivity index (χ4v) is 1.33. The molecule has 0 heterocycles. The summed E-state index contributed by atoms with van der Waals surface area (Å²) in [5, 5.41) is 8.78. The van der Waals surface area contributed by atoms with Crippen LogP contribution < -0.4 is 0 Å². The molecule has 82 valence electrons. The van der Waals surface area contributed by atoms with Gasteiger partial charge < -0.3 is 5.11 Å². The Labute approximate surface area is 87.0 Å². The Kier molecular flexibility index (Phi) is 8.30. The Morgan fingerprint density at radius 3 is 2.50 bits per heavy atom. The van der Waals surface area contributed by atoms with Gasteiger partial charge in [-0.05, 0) is 25.7 Å². The van der Waals surface area contributed by atoms with Gasteiger partial charge in [-0.2, -0.15) is 0 Å². The fraction of sp³-hybridized carbons (Fsp3) is 0.750. The second-order valence-electron chi connectivity index (χ2n) is 3.65. The average molecular weight is 198 g/mol. The summed E-state index contributed by atoms with van der Waals surface area (Å²) in [6, 6.07) is 0. The summed E-state index contributed by atoms with van der Waals surface area (Å²) in [6.45, 7) is 4.10. The molecular formula is C12H22O2. The van der Waals surface area contributed by atoms with Crippen LogP contribution in [0.5, 0.6) is 0 Å². The highest BCUT2D eigenvalue weighted by atomic mass is 16.4. The standard InChI is InChI=1S/C12H22O2/c1-3-5-6-7-8-9-10-11(4-2)12(13)14/h8-9,11H,3-7,10H2,1-2H3,(H,13,14)/b9-8+. The number of carboxylic acids is 1. The fourth-order valence-electron chi connectivity index (χ4n) is 1.33. The van der Waals surface area contributed by atoms with Crippen molar-refractivity contribution in [2.45, 2.75) is 52.4 Å². The maximum absolute atomic E-state index is 10.7. The number of hydrogen-bond acceptors (Lipinski definition) is 1. The number of allylic oxidation sites excluding steroid dienone is 2. The van der Waals surface area contributed by atoms with Crippen LogP contribution in [0.4, 0.5) is 0 Å². The molecule has 0 aromatic rings. The number of rotatable bonds is 8. The van der Waals surface area contributed by atoms with E-state index in [1.54, 1.807) is 0 Å². The summed E-state index contributed by atoms with van der Waals surface area (Å²) in [5.74, 6) is -0.872. The van der Waals surface area contributed by atoms with Crippen LogP contribution in [0, 0.1) is 5.92 Å². The van der Waals surface area contributed by atoms with E-state index in [0.29, 0.717) is 12.8 Å². The lowest BCUT2D eigenvalue weighted by Crippen LogP contribution is -2.11. The van der Waals surface area contributed by atoms with Gasteiger partial charge in [0.2, 0.25) is 0 Å². The van der Waals surface area contributed by atoms with Crippen LogP contribution in [0.3, 0.4) is 0 Å². The Bertz CT molecular complexity index is 173. The lowest BCUT2D eigenvalue weighted by molar-refractivity contribution is -0.141. The summed E-state index contributed by atoms with van der Waals surface area (Å²) in [6.07, 6.45) is 10.3. The lowest BCUT2D eigenvalue weighted by Gasteiger charge is -2.04. The maximum atomic E-state index is 10.7. The van der Waals surface area contributed by atoms with Crippen LogP contribution in [-0.2, 0) is 4.79 Å². The number of hydrogen-bond donors (Lipinski definition) is 1. The van der Waals surface area contributed by atoms with E-state index < -0.39 is 5.97 Å². The normalized spacial score (nSPS) is 13.3. The number of carbonyl (C=O) groups is 1. The predicted octanol–water partition coefficient (Wildman–Crippen LogP) is 3.62. The monoisotopic (exact) mass is 198 g/mol. The third-order valence-electron chi connectivity index (χ3n) is 2.40. The molecule has 2 heteroatoms. The van der Waals surface area contributed by atoms with Gasteiger partial charge in [0, 0.05) is 0 Å². The van der Waals surface area contributed by atoms with Gasteiger partial charge >= 0.3 is 5.97 Å². The molecule has 0 aromatic heterocycles. The molecule has 0 spiro atoms. The maximum Gasteiger partial charge on any atom is 0.306 e. The Balaban J connectivity index is 3.53. The van der Waals surface area contributed by atoms with Crippen molar-refractivity contribution in [2.75, 3.05) is 0 Å². The van der Waals surface area contributed by atoms with Gasteiger partial charge in [0.1, 0.15) is 0 Å². The van der Waals surface area contributed by atoms with Gasteiger partial charge in [-0.3, -0.25) is 4.79 Å². The van der Waals surface area contributed by atoms with Gasteiger partial charge in [-0.25, -0.2) is 0 Å². The molecule has 0 aromatic carbocycles. The van der Waals surface area contributed by atoms with E-state index in [1.165, 1.54) is 19.3 Å². The minimum atomic E-state index is -0.675. The van der Waals surface area contributed by atoms with E-state index >= 15 is 0 Å². The Morgan fingerprint density at radius 1 is 1.29 bits per heavy atom. The molecule has 0 bridgehead atoms. The van der Waals surface area contributed by atoms with Gasteiger partial charge in [0.05, 0.1) is 5.92 Å². The van der Waals surface area contributed by atoms with Gasteiger partial charge in [0.15, 0.2) is 0 Å². The van der Waals surface area contributed by atoms with E-state index in [2.05, 4.69) is 13.0 Å². The van der Waals surface area contributed by atoms with E-state index in [9.17, 15) is 4.79 Å². The van der Waals surface area contributed by atoms with Crippen molar-refractivity contribution in [3.05, 3.63) is 12.2 Å². The van der Waals surface area contributed by atoms with Crippen molar-refractivity contribution in [3.8, 4) is 0 Å². The van der Waals surface area contributed by atoms with Crippen molar-refractivity contribution in [1.82, 2.24) is 0 Å². The van der Waals surface area contributed by atoms with Crippen molar-refractivity contribution < 1.29 is 9.90 Å². The highest BCUT2D eigenvalue weighted by Crippen LogP contribution is 2.09. The quantitative estimate of drug-likeness (QED) is 0.477. The van der Waals surface area contributed by atoms with Crippen LogP contribution in [0.2, 0.25) is 0 Å². The van der Waals surface area contributed by atoms with Crippen LogP contribution in [-0.4, -0.2) is 11.1 Å². The van der Waals surface area contributed by atoms with Crippen LogP contribution in [0.25, 0.3) is 0 Å². The largest absolute Gasteiger partial charge is 0.481 e. The van der Waals surface area contributed by atoms with E-state index in [4.69, 9.17) is 5.11 Å². The van der Waals surface area contributed by atoms with Gasteiger partial charge in [-0.1, -0.05) is 38.8 Å². The first kappa shape index (κ1) is 13.2. The van der Waals surface area contributed by atoms with Crippen LogP contribution in [0.15, 0.2) is 12.2 Å². The molecule has 0 radical (unpaired) electrons. The molecule has 14 heavy (non-hydrogen) atoms. The molecule has 2 nitrogen and oxygen atoms in total. The summed E-state index contributed by atoms with van der Waals surface area (Å²) in [5.41, 5.74) is 0. The molecular weight excluding hydrogens is 176 g/mol.